The van der Waals surface area contributed by atoms with Gasteiger partial charge in [-0.2, -0.15) is 0 Å². The van der Waals surface area contributed by atoms with Gasteiger partial charge in [0.25, 0.3) is 0 Å². The third-order valence-corrected chi connectivity index (χ3v) is 4.32. The molecule has 1 saturated heterocycles. The maximum absolute atomic E-state index is 13.4. The van der Waals surface area contributed by atoms with E-state index in [0.29, 0.717) is 12.6 Å². The third-order valence-electron chi connectivity index (χ3n) is 3.68. The Morgan fingerprint density at radius 2 is 1.90 bits per heavy atom. The molecule has 1 unspecified atom stereocenters. The molecule has 0 amide bonds. The lowest BCUT2D eigenvalue weighted by molar-refractivity contribution is 0.104. The molecule has 1 aromatic rings. The number of piperazine rings is 1. The van der Waals surface area contributed by atoms with E-state index in [1.165, 1.54) is 6.07 Å². The van der Waals surface area contributed by atoms with E-state index in [9.17, 15) is 8.60 Å². The monoisotopic (exact) mass is 300 g/mol. The molecule has 0 spiro atoms. The molecule has 6 heteroatoms. The number of benzene rings is 1. The number of hydrogen-bond donors (Lipinski definition) is 1. The van der Waals surface area contributed by atoms with Crippen LogP contribution >= 0.6 is 0 Å². The molecule has 1 N–H and O–H groups in total. The van der Waals surface area contributed by atoms with Crippen LogP contribution in [0.4, 0.5) is 4.39 Å². The van der Waals surface area contributed by atoms with Gasteiger partial charge in [-0.25, -0.2) is 8.60 Å². The van der Waals surface area contributed by atoms with Crippen molar-refractivity contribution >= 4 is 11.1 Å². The topological polar surface area (TPSA) is 43.8 Å². The van der Waals surface area contributed by atoms with Crippen LogP contribution in [0, 0.1) is 5.82 Å². The minimum Gasteiger partial charge on any atom is -0.302 e. The number of rotatable bonds is 4. The van der Waals surface area contributed by atoms with Crippen molar-refractivity contribution in [2.24, 2.45) is 0 Å². The van der Waals surface area contributed by atoms with Crippen molar-refractivity contribution in [2.45, 2.75) is 31.3 Å². The van der Waals surface area contributed by atoms with Gasteiger partial charge in [-0.05, 0) is 37.6 Å². The molecule has 0 bridgehead atoms. The summed E-state index contributed by atoms with van der Waals surface area (Å²) in [5.41, 5.74) is 0.750. The van der Waals surface area contributed by atoms with Crippen LogP contribution in [0.3, 0.4) is 0 Å². The predicted octanol–water partition coefficient (Wildman–Crippen LogP) is 1.93. The van der Waals surface area contributed by atoms with Crippen LogP contribution < -0.4 is 0 Å². The lowest BCUT2D eigenvalue weighted by Gasteiger charge is -2.36. The van der Waals surface area contributed by atoms with Gasteiger partial charge in [0, 0.05) is 38.8 Å². The molecule has 0 saturated carbocycles. The molecule has 4 nitrogen and oxygen atoms in total. The standard InChI is InChI=1S/C14H21FN2O2S/c1-11(2)17-5-3-16(4-6-17)10-12-7-13(15)9-14(8-12)20(18)19/h7-9,11H,3-6,10H2,1-2H3,(H,18,19). The molecular weight excluding hydrogens is 279 g/mol. The summed E-state index contributed by atoms with van der Waals surface area (Å²) in [6.45, 7) is 8.88. The first-order valence-electron chi connectivity index (χ1n) is 6.82. The fraction of sp³-hybridized carbons (Fsp3) is 0.571. The van der Waals surface area contributed by atoms with Crippen molar-refractivity contribution in [1.29, 1.82) is 0 Å². The van der Waals surface area contributed by atoms with E-state index in [0.717, 1.165) is 37.8 Å². The summed E-state index contributed by atoms with van der Waals surface area (Å²) in [6.07, 6.45) is 0. The van der Waals surface area contributed by atoms with E-state index in [2.05, 4.69) is 23.6 Å². The largest absolute Gasteiger partial charge is 0.302 e. The van der Waals surface area contributed by atoms with E-state index in [-0.39, 0.29) is 4.90 Å². The fourth-order valence-corrected chi connectivity index (χ4v) is 2.97. The van der Waals surface area contributed by atoms with Gasteiger partial charge < -0.3 is 4.55 Å². The van der Waals surface area contributed by atoms with E-state index in [1.54, 1.807) is 6.07 Å². The zero-order valence-corrected chi connectivity index (χ0v) is 12.7. The third kappa shape index (κ3) is 4.09. The highest BCUT2D eigenvalue weighted by Gasteiger charge is 2.19. The Hall–Kier alpha value is -0.820. The molecule has 2 rings (SSSR count). The quantitative estimate of drug-likeness (QED) is 0.863. The summed E-state index contributed by atoms with van der Waals surface area (Å²) >= 11 is -2.13. The minimum atomic E-state index is -2.13. The van der Waals surface area contributed by atoms with Crippen molar-refractivity contribution in [1.82, 2.24) is 9.80 Å². The van der Waals surface area contributed by atoms with E-state index in [4.69, 9.17) is 4.55 Å². The molecule has 0 aromatic heterocycles. The van der Waals surface area contributed by atoms with Gasteiger partial charge >= 0.3 is 0 Å². The normalized spacial score (nSPS) is 19.4. The van der Waals surface area contributed by atoms with Gasteiger partial charge in [0.15, 0.2) is 11.1 Å². The van der Waals surface area contributed by atoms with E-state index in [1.807, 2.05) is 0 Å². The Balaban J connectivity index is 1.99. The van der Waals surface area contributed by atoms with Gasteiger partial charge in [-0.1, -0.05) is 0 Å². The molecule has 1 heterocycles. The molecule has 112 valence electrons. The molecular formula is C14H21FN2O2S. The van der Waals surface area contributed by atoms with Crippen LogP contribution in [-0.2, 0) is 17.6 Å². The van der Waals surface area contributed by atoms with Crippen molar-refractivity contribution in [3.05, 3.63) is 29.6 Å². The average molecular weight is 300 g/mol. The maximum Gasteiger partial charge on any atom is 0.186 e. The summed E-state index contributed by atoms with van der Waals surface area (Å²) in [7, 11) is 0. The van der Waals surface area contributed by atoms with Gasteiger partial charge in [0.05, 0.1) is 4.90 Å². The predicted molar refractivity (Wildman–Crippen MR) is 77.4 cm³/mol. The SMILES string of the molecule is CC(C)N1CCN(Cc2cc(F)cc(S(=O)O)c2)CC1. The first-order valence-corrected chi connectivity index (χ1v) is 7.93. The van der Waals surface area contributed by atoms with Gasteiger partial charge in [-0.15, -0.1) is 0 Å². The summed E-state index contributed by atoms with van der Waals surface area (Å²) < 4.78 is 33.5. The molecule has 20 heavy (non-hydrogen) atoms. The van der Waals surface area contributed by atoms with E-state index < -0.39 is 16.9 Å². The molecule has 1 aliphatic heterocycles. The van der Waals surface area contributed by atoms with Crippen molar-refractivity contribution < 1.29 is 13.2 Å². The molecule has 1 aromatic carbocycles. The smallest absolute Gasteiger partial charge is 0.186 e. The summed E-state index contributed by atoms with van der Waals surface area (Å²) in [5.74, 6) is -0.458. The van der Waals surface area contributed by atoms with Crippen molar-refractivity contribution in [3.8, 4) is 0 Å². The summed E-state index contributed by atoms with van der Waals surface area (Å²) in [5, 5.41) is 0. The second-order valence-electron chi connectivity index (χ2n) is 5.45. The molecule has 1 fully saturated rings. The number of nitrogens with zero attached hydrogens (tertiary/aromatic N) is 2. The average Bonchev–Trinajstić information content (AvgIpc) is 2.38. The van der Waals surface area contributed by atoms with Gasteiger partial charge in [0.2, 0.25) is 0 Å². The molecule has 1 atom stereocenters. The fourth-order valence-electron chi connectivity index (χ4n) is 2.51. The molecule has 0 radical (unpaired) electrons. The minimum absolute atomic E-state index is 0.126. The maximum atomic E-state index is 13.4. The number of hydrogen-bond acceptors (Lipinski definition) is 3. The Kier molecular flexibility index (Phi) is 5.26. The Morgan fingerprint density at radius 3 is 2.45 bits per heavy atom. The van der Waals surface area contributed by atoms with Crippen molar-refractivity contribution in [3.63, 3.8) is 0 Å². The first kappa shape index (κ1) is 15.6. The highest BCUT2D eigenvalue weighted by molar-refractivity contribution is 7.79. The second kappa shape index (κ2) is 6.76. The lowest BCUT2D eigenvalue weighted by Crippen LogP contribution is -2.48. The Labute approximate surface area is 121 Å². The van der Waals surface area contributed by atoms with Crippen molar-refractivity contribution in [2.75, 3.05) is 26.2 Å². The van der Waals surface area contributed by atoms with Crippen LogP contribution in [0.15, 0.2) is 23.1 Å². The van der Waals surface area contributed by atoms with Crippen LogP contribution in [0.5, 0.6) is 0 Å². The van der Waals surface area contributed by atoms with Gasteiger partial charge in [0.1, 0.15) is 5.82 Å². The van der Waals surface area contributed by atoms with E-state index >= 15 is 0 Å². The second-order valence-corrected chi connectivity index (χ2v) is 6.42. The van der Waals surface area contributed by atoms with Crippen LogP contribution in [0.25, 0.3) is 0 Å². The highest BCUT2D eigenvalue weighted by Crippen LogP contribution is 2.15. The van der Waals surface area contributed by atoms with Crippen LogP contribution in [0.2, 0.25) is 0 Å². The molecule has 1 aliphatic rings. The summed E-state index contributed by atoms with van der Waals surface area (Å²) in [4.78, 5) is 4.79. The molecule has 0 aliphatic carbocycles. The Bertz CT molecular complexity index is 488. The Morgan fingerprint density at radius 1 is 1.25 bits per heavy atom. The first-order chi connectivity index (χ1) is 9.45. The zero-order chi connectivity index (χ0) is 14.7. The van der Waals surface area contributed by atoms with Gasteiger partial charge in [-0.3, -0.25) is 9.80 Å². The summed E-state index contributed by atoms with van der Waals surface area (Å²) in [6, 6.07) is 4.70. The number of halogens is 1. The van der Waals surface area contributed by atoms with Crippen LogP contribution in [0.1, 0.15) is 19.4 Å². The zero-order valence-electron chi connectivity index (χ0n) is 11.9. The lowest BCUT2D eigenvalue weighted by atomic mass is 10.2. The van der Waals surface area contributed by atoms with Crippen LogP contribution in [-0.4, -0.2) is 50.8 Å². The highest BCUT2D eigenvalue weighted by atomic mass is 32.2.